The van der Waals surface area contributed by atoms with Crippen LogP contribution >= 0.6 is 24.0 Å². The molecule has 2 amide bonds. The Kier molecular flexibility index (Phi) is 6.16. The first-order valence-electron chi connectivity index (χ1n) is 8.78. The average Bonchev–Trinajstić information content (AvgIpc) is 3.14. The van der Waals surface area contributed by atoms with E-state index in [4.69, 9.17) is 12.2 Å². The van der Waals surface area contributed by atoms with E-state index in [1.165, 1.54) is 16.7 Å². The largest absolute Gasteiger partial charge is 0.396 e. The smallest absolute Gasteiger partial charge is 0.266 e. The predicted molar refractivity (Wildman–Crippen MR) is 106 cm³/mol. The van der Waals surface area contributed by atoms with Crippen LogP contribution < -0.4 is 0 Å². The summed E-state index contributed by atoms with van der Waals surface area (Å²) >= 11 is 6.57. The lowest BCUT2D eigenvalue weighted by Crippen LogP contribution is -2.49. The molecule has 0 saturated carbocycles. The van der Waals surface area contributed by atoms with Crippen LogP contribution in [0.15, 0.2) is 23.2 Å². The summed E-state index contributed by atoms with van der Waals surface area (Å²) < 4.78 is 2.34. The van der Waals surface area contributed by atoms with Crippen LogP contribution in [0.1, 0.15) is 31.4 Å². The van der Waals surface area contributed by atoms with Crippen molar-refractivity contribution in [3.8, 4) is 0 Å². The fraction of sp³-hybridized carbons (Fsp3) is 0.500. The van der Waals surface area contributed by atoms with Gasteiger partial charge in [0.25, 0.3) is 5.91 Å². The molecule has 6 nitrogen and oxygen atoms in total. The summed E-state index contributed by atoms with van der Waals surface area (Å²) in [5.41, 5.74) is 0.913. The number of amides is 2. The third-order valence-corrected chi connectivity index (χ3v) is 6.22. The van der Waals surface area contributed by atoms with Gasteiger partial charge < -0.3 is 14.6 Å². The SMILES string of the molecule is Cn1cccc1C=C1SC(=S)N(CC(=O)N2CCCCC2CCO)C1=O. The number of likely N-dealkylation sites (tertiary alicyclic amines) is 1. The minimum Gasteiger partial charge on any atom is -0.396 e. The van der Waals surface area contributed by atoms with Gasteiger partial charge in [-0.25, -0.2) is 0 Å². The first-order chi connectivity index (χ1) is 12.5. The highest BCUT2D eigenvalue weighted by atomic mass is 32.2. The average molecular weight is 394 g/mol. The van der Waals surface area contributed by atoms with Crippen LogP contribution in [-0.2, 0) is 16.6 Å². The Bertz CT molecular complexity index is 742. The molecule has 140 valence electrons. The molecule has 3 heterocycles. The third kappa shape index (κ3) is 4.02. The maximum atomic E-state index is 12.8. The van der Waals surface area contributed by atoms with Crippen LogP contribution in [-0.4, -0.2) is 61.3 Å². The summed E-state index contributed by atoms with van der Waals surface area (Å²) in [5, 5.41) is 9.23. The van der Waals surface area contributed by atoms with Crippen molar-refractivity contribution < 1.29 is 14.7 Å². The molecule has 1 atom stereocenters. The number of thiocarbonyl (C=S) groups is 1. The number of thioether (sulfide) groups is 1. The Morgan fingerprint density at radius 1 is 1.46 bits per heavy atom. The molecule has 1 aromatic rings. The zero-order valence-electron chi connectivity index (χ0n) is 14.8. The molecule has 8 heteroatoms. The molecule has 0 aliphatic carbocycles. The number of hydrogen-bond acceptors (Lipinski definition) is 5. The van der Waals surface area contributed by atoms with Crippen LogP contribution in [0.2, 0.25) is 0 Å². The van der Waals surface area contributed by atoms with Crippen molar-refractivity contribution in [2.45, 2.75) is 31.7 Å². The summed E-state index contributed by atoms with van der Waals surface area (Å²) in [5.74, 6) is -0.315. The number of aryl methyl sites for hydroxylation is 1. The number of aliphatic hydroxyl groups is 1. The Labute approximate surface area is 162 Å². The molecule has 2 saturated heterocycles. The van der Waals surface area contributed by atoms with Crippen LogP contribution in [0.4, 0.5) is 0 Å². The second kappa shape index (κ2) is 8.37. The van der Waals surface area contributed by atoms with Crippen molar-refractivity contribution in [3.63, 3.8) is 0 Å². The lowest BCUT2D eigenvalue weighted by Gasteiger charge is -2.36. The van der Waals surface area contributed by atoms with Gasteiger partial charge in [-0.3, -0.25) is 14.5 Å². The van der Waals surface area contributed by atoms with Gasteiger partial charge in [0.2, 0.25) is 5.91 Å². The van der Waals surface area contributed by atoms with Gasteiger partial charge in [0, 0.05) is 38.1 Å². The third-order valence-electron chi connectivity index (χ3n) is 4.84. The topological polar surface area (TPSA) is 65.8 Å². The molecule has 0 spiro atoms. The minimum atomic E-state index is -0.217. The van der Waals surface area contributed by atoms with Crippen molar-refractivity contribution in [1.82, 2.24) is 14.4 Å². The molecule has 2 aliphatic heterocycles. The number of aliphatic hydroxyl groups excluding tert-OH is 1. The van der Waals surface area contributed by atoms with Crippen molar-refractivity contribution in [2.75, 3.05) is 19.7 Å². The number of carbonyl (C=O) groups excluding carboxylic acids is 2. The lowest BCUT2D eigenvalue weighted by atomic mass is 9.99. The summed E-state index contributed by atoms with van der Waals surface area (Å²) in [4.78, 5) is 29.2. The molecule has 2 fully saturated rings. The van der Waals surface area contributed by atoms with Gasteiger partial charge in [0.1, 0.15) is 10.9 Å². The fourth-order valence-electron chi connectivity index (χ4n) is 3.40. The lowest BCUT2D eigenvalue weighted by molar-refractivity contribution is -0.138. The van der Waals surface area contributed by atoms with E-state index in [-0.39, 0.29) is 31.0 Å². The van der Waals surface area contributed by atoms with Crippen molar-refractivity contribution in [3.05, 3.63) is 28.9 Å². The van der Waals surface area contributed by atoms with Gasteiger partial charge >= 0.3 is 0 Å². The van der Waals surface area contributed by atoms with Crippen molar-refractivity contribution >= 4 is 46.2 Å². The second-order valence-electron chi connectivity index (χ2n) is 6.56. The molecule has 0 aromatic carbocycles. The van der Waals surface area contributed by atoms with Gasteiger partial charge in [-0.1, -0.05) is 24.0 Å². The monoisotopic (exact) mass is 393 g/mol. The second-order valence-corrected chi connectivity index (χ2v) is 8.24. The normalized spacial score (nSPS) is 22.5. The number of rotatable bonds is 5. The first-order valence-corrected chi connectivity index (χ1v) is 10.0. The predicted octanol–water partition coefficient (Wildman–Crippen LogP) is 1.99. The molecular formula is C18H23N3O3S2. The summed E-state index contributed by atoms with van der Waals surface area (Å²) in [6, 6.07) is 3.89. The Balaban J connectivity index is 1.70. The maximum absolute atomic E-state index is 12.8. The zero-order chi connectivity index (χ0) is 18.7. The number of nitrogens with zero attached hydrogens (tertiary/aromatic N) is 3. The van der Waals surface area contributed by atoms with Crippen molar-refractivity contribution in [1.29, 1.82) is 0 Å². The van der Waals surface area contributed by atoms with Crippen LogP contribution in [0.5, 0.6) is 0 Å². The number of carbonyl (C=O) groups is 2. The molecule has 1 N–H and O–H groups in total. The summed E-state index contributed by atoms with van der Waals surface area (Å²) in [6.45, 7) is 0.712. The quantitative estimate of drug-likeness (QED) is 0.612. The van der Waals surface area contributed by atoms with E-state index in [9.17, 15) is 14.7 Å². The number of hydrogen-bond donors (Lipinski definition) is 1. The summed E-state index contributed by atoms with van der Waals surface area (Å²) in [6.07, 6.45) is 7.22. The zero-order valence-corrected chi connectivity index (χ0v) is 16.4. The highest BCUT2D eigenvalue weighted by Crippen LogP contribution is 2.32. The van der Waals surface area contributed by atoms with Crippen LogP contribution in [0.25, 0.3) is 6.08 Å². The first kappa shape index (κ1) is 19.1. The Morgan fingerprint density at radius 2 is 2.27 bits per heavy atom. The van der Waals surface area contributed by atoms with E-state index in [2.05, 4.69) is 0 Å². The van der Waals surface area contributed by atoms with Gasteiger partial charge in [-0.05, 0) is 43.9 Å². The van der Waals surface area contributed by atoms with E-state index < -0.39 is 0 Å². The summed E-state index contributed by atoms with van der Waals surface area (Å²) in [7, 11) is 1.91. The molecule has 1 aromatic heterocycles. The van der Waals surface area contributed by atoms with E-state index in [0.717, 1.165) is 25.0 Å². The van der Waals surface area contributed by atoms with Crippen LogP contribution in [0.3, 0.4) is 0 Å². The van der Waals surface area contributed by atoms with E-state index in [1.54, 1.807) is 11.0 Å². The molecule has 2 aliphatic rings. The molecular weight excluding hydrogens is 370 g/mol. The van der Waals surface area contributed by atoms with Crippen molar-refractivity contribution in [2.24, 2.45) is 7.05 Å². The highest BCUT2D eigenvalue weighted by molar-refractivity contribution is 8.26. The van der Waals surface area contributed by atoms with Gasteiger partial charge in [-0.15, -0.1) is 0 Å². The minimum absolute atomic E-state index is 0.0307. The molecule has 1 unspecified atom stereocenters. The fourth-order valence-corrected chi connectivity index (χ4v) is 4.64. The molecule has 0 radical (unpaired) electrons. The molecule has 26 heavy (non-hydrogen) atoms. The number of piperidine rings is 1. The van der Waals surface area contributed by atoms with Gasteiger partial charge in [-0.2, -0.15) is 0 Å². The van der Waals surface area contributed by atoms with Gasteiger partial charge in [0.05, 0.1) is 4.91 Å². The molecule has 3 rings (SSSR count). The maximum Gasteiger partial charge on any atom is 0.266 e. The Morgan fingerprint density at radius 3 is 2.96 bits per heavy atom. The van der Waals surface area contributed by atoms with Crippen LogP contribution in [0, 0.1) is 0 Å². The number of aromatic nitrogens is 1. The van der Waals surface area contributed by atoms with E-state index in [0.29, 0.717) is 22.2 Å². The van der Waals surface area contributed by atoms with E-state index in [1.807, 2.05) is 29.9 Å². The van der Waals surface area contributed by atoms with Gasteiger partial charge in [0.15, 0.2) is 0 Å². The highest BCUT2D eigenvalue weighted by Gasteiger charge is 2.36. The Hall–Kier alpha value is -1.64. The molecule has 0 bridgehead atoms. The van der Waals surface area contributed by atoms with E-state index >= 15 is 0 Å². The standard InChI is InChI=1S/C18H23N3O3S2/c1-19-8-4-6-14(19)11-15-17(24)21(18(25)26-15)12-16(23)20-9-3-2-5-13(20)7-10-22/h4,6,8,11,13,22H,2-3,5,7,9-10,12H2,1H3.